The number of morpholine rings is 1. The van der Waals surface area contributed by atoms with Crippen LogP contribution in [-0.4, -0.2) is 37.2 Å². The Morgan fingerprint density at radius 1 is 1.23 bits per heavy atom. The molecule has 0 aliphatic carbocycles. The Morgan fingerprint density at radius 3 is 2.82 bits per heavy atom. The molecule has 1 aromatic heterocycles. The highest BCUT2D eigenvalue weighted by atomic mass is 35.5. The first kappa shape index (κ1) is 14.8. The van der Waals surface area contributed by atoms with Gasteiger partial charge in [0.15, 0.2) is 0 Å². The number of aromatic nitrogens is 1. The largest absolute Gasteiger partial charge is 0.378 e. The number of benzene rings is 1. The van der Waals surface area contributed by atoms with Crippen LogP contribution in [-0.2, 0) is 4.74 Å². The van der Waals surface area contributed by atoms with E-state index in [0.29, 0.717) is 29.5 Å². The molecule has 0 radical (unpaired) electrons. The fraction of sp³-hybridized carbons (Fsp3) is 0.250. The number of pyridine rings is 1. The Bertz CT molecular complexity index is 672. The summed E-state index contributed by atoms with van der Waals surface area (Å²) >= 11 is 5.92. The number of amides is 1. The second kappa shape index (κ2) is 6.77. The highest BCUT2D eigenvalue weighted by molar-refractivity contribution is 6.30. The van der Waals surface area contributed by atoms with Crippen LogP contribution < -0.4 is 10.2 Å². The van der Waals surface area contributed by atoms with E-state index in [0.717, 1.165) is 18.8 Å². The summed E-state index contributed by atoms with van der Waals surface area (Å²) in [5.74, 6) is -0.204. The van der Waals surface area contributed by atoms with Crippen molar-refractivity contribution in [1.82, 2.24) is 4.98 Å². The first-order chi connectivity index (χ1) is 10.7. The van der Waals surface area contributed by atoms with Crippen LogP contribution in [0.15, 0.2) is 42.7 Å². The molecule has 1 aliphatic rings. The van der Waals surface area contributed by atoms with Crippen LogP contribution in [0.1, 0.15) is 10.4 Å². The number of hydrogen-bond acceptors (Lipinski definition) is 4. The van der Waals surface area contributed by atoms with Gasteiger partial charge >= 0.3 is 0 Å². The van der Waals surface area contributed by atoms with Gasteiger partial charge in [0.25, 0.3) is 5.91 Å². The number of nitrogens with one attached hydrogen (secondary N) is 1. The third-order valence-corrected chi connectivity index (χ3v) is 3.68. The predicted octanol–water partition coefficient (Wildman–Crippen LogP) is 2.82. The number of nitrogens with zero attached hydrogens (tertiary/aromatic N) is 2. The van der Waals surface area contributed by atoms with Gasteiger partial charge in [0.2, 0.25) is 0 Å². The zero-order chi connectivity index (χ0) is 15.4. The molecule has 1 aliphatic heterocycles. The average molecular weight is 318 g/mol. The lowest BCUT2D eigenvalue weighted by molar-refractivity contribution is 0.102. The van der Waals surface area contributed by atoms with Gasteiger partial charge in [-0.15, -0.1) is 0 Å². The first-order valence-electron chi connectivity index (χ1n) is 7.07. The molecule has 0 saturated carbocycles. The maximum atomic E-state index is 12.3. The Hall–Kier alpha value is -2.11. The SMILES string of the molecule is O=C(Nc1cccc(Cl)c1)c1cncc(N2CCOCC2)c1. The van der Waals surface area contributed by atoms with Crippen LogP contribution in [0.4, 0.5) is 11.4 Å². The second-order valence-corrected chi connectivity index (χ2v) is 5.43. The molecule has 0 bridgehead atoms. The maximum Gasteiger partial charge on any atom is 0.257 e. The van der Waals surface area contributed by atoms with E-state index in [-0.39, 0.29) is 5.91 Å². The zero-order valence-electron chi connectivity index (χ0n) is 12.0. The lowest BCUT2D eigenvalue weighted by atomic mass is 10.2. The summed E-state index contributed by atoms with van der Waals surface area (Å²) < 4.78 is 5.34. The van der Waals surface area contributed by atoms with E-state index in [2.05, 4.69) is 15.2 Å². The van der Waals surface area contributed by atoms with Crippen LogP contribution in [0, 0.1) is 0 Å². The number of anilines is 2. The molecule has 114 valence electrons. The molecule has 6 heteroatoms. The van der Waals surface area contributed by atoms with Gasteiger partial charge < -0.3 is 15.0 Å². The maximum absolute atomic E-state index is 12.3. The summed E-state index contributed by atoms with van der Waals surface area (Å²) in [6, 6.07) is 8.90. The monoisotopic (exact) mass is 317 g/mol. The molecule has 0 spiro atoms. The molecule has 0 unspecified atom stereocenters. The average Bonchev–Trinajstić information content (AvgIpc) is 2.56. The van der Waals surface area contributed by atoms with Gasteiger partial charge in [-0.1, -0.05) is 17.7 Å². The fourth-order valence-electron chi connectivity index (χ4n) is 2.32. The van der Waals surface area contributed by atoms with Crippen molar-refractivity contribution in [3.8, 4) is 0 Å². The minimum atomic E-state index is -0.204. The van der Waals surface area contributed by atoms with E-state index in [1.54, 1.807) is 36.7 Å². The number of halogens is 1. The topological polar surface area (TPSA) is 54.5 Å². The van der Waals surface area contributed by atoms with E-state index < -0.39 is 0 Å². The van der Waals surface area contributed by atoms with E-state index >= 15 is 0 Å². The number of ether oxygens (including phenoxy) is 1. The van der Waals surface area contributed by atoms with E-state index in [1.807, 2.05) is 6.07 Å². The van der Waals surface area contributed by atoms with Crippen molar-refractivity contribution >= 4 is 28.9 Å². The van der Waals surface area contributed by atoms with Crippen molar-refractivity contribution < 1.29 is 9.53 Å². The molecule has 1 fully saturated rings. The minimum absolute atomic E-state index is 0.204. The second-order valence-electron chi connectivity index (χ2n) is 5.00. The van der Waals surface area contributed by atoms with Crippen LogP contribution in [0.2, 0.25) is 5.02 Å². The van der Waals surface area contributed by atoms with Crippen molar-refractivity contribution in [3.63, 3.8) is 0 Å². The molecule has 1 N–H and O–H groups in total. The predicted molar refractivity (Wildman–Crippen MR) is 86.7 cm³/mol. The normalized spacial score (nSPS) is 14.7. The van der Waals surface area contributed by atoms with Crippen molar-refractivity contribution in [2.45, 2.75) is 0 Å². The molecule has 0 atom stereocenters. The van der Waals surface area contributed by atoms with Gasteiger partial charge in [0, 0.05) is 30.0 Å². The molecule has 3 rings (SSSR count). The molecule has 1 saturated heterocycles. The number of hydrogen-bond donors (Lipinski definition) is 1. The molecular formula is C16H16ClN3O2. The molecule has 1 aromatic carbocycles. The Labute approximate surface area is 133 Å². The molecule has 5 nitrogen and oxygen atoms in total. The van der Waals surface area contributed by atoms with Crippen molar-refractivity contribution in [2.75, 3.05) is 36.5 Å². The molecule has 2 heterocycles. The van der Waals surface area contributed by atoms with Crippen LogP contribution >= 0.6 is 11.6 Å². The summed E-state index contributed by atoms with van der Waals surface area (Å²) in [5, 5.41) is 3.40. The van der Waals surface area contributed by atoms with Gasteiger partial charge in [0.1, 0.15) is 0 Å². The Morgan fingerprint density at radius 2 is 2.05 bits per heavy atom. The Kier molecular flexibility index (Phi) is 4.56. The van der Waals surface area contributed by atoms with Crippen molar-refractivity contribution in [1.29, 1.82) is 0 Å². The third-order valence-electron chi connectivity index (χ3n) is 3.44. The van der Waals surface area contributed by atoms with Crippen LogP contribution in [0.25, 0.3) is 0 Å². The van der Waals surface area contributed by atoms with E-state index in [1.165, 1.54) is 0 Å². The first-order valence-corrected chi connectivity index (χ1v) is 7.45. The van der Waals surface area contributed by atoms with Crippen molar-refractivity contribution in [3.05, 3.63) is 53.3 Å². The highest BCUT2D eigenvalue weighted by Crippen LogP contribution is 2.19. The van der Waals surface area contributed by atoms with E-state index in [9.17, 15) is 4.79 Å². The zero-order valence-corrected chi connectivity index (χ0v) is 12.7. The number of rotatable bonds is 3. The quantitative estimate of drug-likeness (QED) is 0.946. The van der Waals surface area contributed by atoms with Gasteiger partial charge in [-0.3, -0.25) is 9.78 Å². The number of carbonyl (C=O) groups excluding carboxylic acids is 1. The van der Waals surface area contributed by atoms with Gasteiger partial charge in [-0.25, -0.2) is 0 Å². The number of carbonyl (C=O) groups is 1. The minimum Gasteiger partial charge on any atom is -0.378 e. The lowest BCUT2D eigenvalue weighted by Gasteiger charge is -2.28. The van der Waals surface area contributed by atoms with Crippen LogP contribution in [0.5, 0.6) is 0 Å². The fourth-order valence-corrected chi connectivity index (χ4v) is 2.51. The van der Waals surface area contributed by atoms with Gasteiger partial charge in [-0.2, -0.15) is 0 Å². The highest BCUT2D eigenvalue weighted by Gasteiger charge is 2.14. The lowest BCUT2D eigenvalue weighted by Crippen LogP contribution is -2.36. The summed E-state index contributed by atoms with van der Waals surface area (Å²) in [7, 11) is 0. The summed E-state index contributed by atoms with van der Waals surface area (Å²) in [5.41, 5.74) is 2.11. The van der Waals surface area contributed by atoms with Gasteiger partial charge in [-0.05, 0) is 24.3 Å². The smallest absolute Gasteiger partial charge is 0.257 e. The summed E-state index contributed by atoms with van der Waals surface area (Å²) in [6.07, 6.45) is 3.32. The molecule has 22 heavy (non-hydrogen) atoms. The van der Waals surface area contributed by atoms with Crippen LogP contribution in [0.3, 0.4) is 0 Å². The molecule has 2 aromatic rings. The van der Waals surface area contributed by atoms with Gasteiger partial charge in [0.05, 0.1) is 30.7 Å². The van der Waals surface area contributed by atoms with E-state index in [4.69, 9.17) is 16.3 Å². The summed E-state index contributed by atoms with van der Waals surface area (Å²) in [4.78, 5) is 18.7. The third kappa shape index (κ3) is 3.55. The molecule has 1 amide bonds. The summed E-state index contributed by atoms with van der Waals surface area (Å²) in [6.45, 7) is 3.00. The standard InChI is InChI=1S/C16H16ClN3O2/c17-13-2-1-3-14(9-13)19-16(21)12-8-15(11-18-10-12)20-4-6-22-7-5-20/h1-3,8-11H,4-7H2,(H,19,21). The molecular weight excluding hydrogens is 302 g/mol. The Balaban J connectivity index is 1.75. The van der Waals surface area contributed by atoms with Crippen molar-refractivity contribution in [2.24, 2.45) is 0 Å².